The summed E-state index contributed by atoms with van der Waals surface area (Å²) in [6.07, 6.45) is 0. The molecule has 2 aromatic heterocycles. The Kier molecular flexibility index (Phi) is 6.60. The van der Waals surface area contributed by atoms with E-state index in [1.807, 2.05) is 12.1 Å². The van der Waals surface area contributed by atoms with Crippen molar-refractivity contribution in [1.29, 1.82) is 0 Å². The molecule has 0 bridgehead atoms. The third-order valence-corrected chi connectivity index (χ3v) is 11.5. The van der Waals surface area contributed by atoms with E-state index >= 15 is 0 Å². The van der Waals surface area contributed by atoms with Gasteiger partial charge in [0, 0.05) is 49.3 Å². The fraction of sp³-hybridized carbons (Fsp3) is 0.0588. The van der Waals surface area contributed by atoms with Crippen molar-refractivity contribution in [3.8, 4) is 33.4 Å². The maximum absolute atomic E-state index is 6.65. The van der Waals surface area contributed by atoms with Gasteiger partial charge in [-0.05, 0) is 70.3 Å². The second-order valence-electron chi connectivity index (χ2n) is 14.8. The summed E-state index contributed by atoms with van der Waals surface area (Å²) >= 11 is 0. The normalized spacial score (nSPS) is 13.1. The molecule has 0 radical (unpaired) electrons. The van der Waals surface area contributed by atoms with Gasteiger partial charge in [-0.15, -0.1) is 0 Å². The fourth-order valence-electron chi connectivity index (χ4n) is 8.99. The first-order chi connectivity index (χ1) is 26.6. The Hall–Kier alpha value is -6.84. The fourth-order valence-corrected chi connectivity index (χ4v) is 8.99. The van der Waals surface area contributed by atoms with E-state index in [0.29, 0.717) is 0 Å². The maximum Gasteiger partial charge on any atom is 0.143 e. The third kappa shape index (κ3) is 4.42. The average Bonchev–Trinajstić information content (AvgIpc) is 3.86. The topological polar surface area (TPSA) is 29.5 Å². The molecule has 54 heavy (non-hydrogen) atoms. The van der Waals surface area contributed by atoms with Crippen LogP contribution < -0.4 is 4.90 Å². The molecule has 1 aliphatic carbocycles. The Morgan fingerprint density at radius 1 is 0.389 bits per heavy atom. The Labute approximate surface area is 313 Å². The van der Waals surface area contributed by atoms with Crippen LogP contribution >= 0.6 is 0 Å². The van der Waals surface area contributed by atoms with Crippen molar-refractivity contribution < 1.29 is 8.83 Å². The molecule has 3 nitrogen and oxygen atoms in total. The molecule has 0 aliphatic heterocycles. The van der Waals surface area contributed by atoms with Crippen molar-refractivity contribution in [1.82, 2.24) is 0 Å². The van der Waals surface area contributed by atoms with Gasteiger partial charge in [-0.3, -0.25) is 0 Å². The lowest BCUT2D eigenvalue weighted by molar-refractivity contribution is 0.660. The molecular weight excluding hydrogens is 659 g/mol. The molecule has 0 N–H and O–H groups in total. The molecule has 0 saturated carbocycles. The minimum Gasteiger partial charge on any atom is -0.456 e. The van der Waals surface area contributed by atoms with Crippen LogP contribution in [-0.2, 0) is 5.41 Å². The van der Waals surface area contributed by atoms with Gasteiger partial charge in [0.15, 0.2) is 0 Å². The lowest BCUT2D eigenvalue weighted by atomic mass is 9.82. The first-order valence-corrected chi connectivity index (χ1v) is 18.6. The van der Waals surface area contributed by atoms with Gasteiger partial charge in [0.1, 0.15) is 22.3 Å². The van der Waals surface area contributed by atoms with Crippen LogP contribution in [0.25, 0.3) is 77.3 Å². The Bertz CT molecular complexity index is 3100. The van der Waals surface area contributed by atoms with Gasteiger partial charge in [-0.2, -0.15) is 0 Å². The summed E-state index contributed by atoms with van der Waals surface area (Å²) < 4.78 is 13.1. The van der Waals surface area contributed by atoms with E-state index < -0.39 is 0 Å². The van der Waals surface area contributed by atoms with Crippen LogP contribution in [0.4, 0.5) is 17.1 Å². The predicted molar refractivity (Wildman–Crippen MR) is 224 cm³/mol. The molecule has 1 aliphatic rings. The lowest BCUT2D eigenvalue weighted by Gasteiger charge is -2.31. The third-order valence-electron chi connectivity index (χ3n) is 11.5. The minimum atomic E-state index is -0.159. The van der Waals surface area contributed by atoms with Crippen LogP contribution in [0, 0.1) is 0 Å². The van der Waals surface area contributed by atoms with E-state index in [4.69, 9.17) is 8.83 Å². The van der Waals surface area contributed by atoms with E-state index in [9.17, 15) is 0 Å². The van der Waals surface area contributed by atoms with Gasteiger partial charge in [0.05, 0.1) is 11.4 Å². The smallest absolute Gasteiger partial charge is 0.143 e. The van der Waals surface area contributed by atoms with Crippen LogP contribution in [0.3, 0.4) is 0 Å². The molecule has 256 valence electrons. The van der Waals surface area contributed by atoms with E-state index in [0.717, 1.165) is 83.2 Å². The molecule has 0 saturated heterocycles. The first kappa shape index (κ1) is 30.8. The summed E-state index contributed by atoms with van der Waals surface area (Å²) in [5.74, 6) is 0. The molecule has 2 heterocycles. The van der Waals surface area contributed by atoms with Crippen molar-refractivity contribution >= 4 is 60.9 Å². The van der Waals surface area contributed by atoms with Crippen LogP contribution in [0.5, 0.6) is 0 Å². The number of hydrogen-bond acceptors (Lipinski definition) is 3. The van der Waals surface area contributed by atoms with Crippen LogP contribution in [0.15, 0.2) is 185 Å². The highest BCUT2D eigenvalue weighted by atomic mass is 16.3. The summed E-state index contributed by atoms with van der Waals surface area (Å²) in [5.41, 5.74) is 16.3. The van der Waals surface area contributed by atoms with Crippen LogP contribution in [0.1, 0.15) is 25.0 Å². The standard InChI is InChI=1S/C51H35NO2/c1-51(2)42-23-8-3-15-33(42)34-30-29-32(31-43(34)51)52(44-24-9-4-16-35(44)38-20-14-28-48-49(38)41-19-7-12-27-47(41)53-48)45-25-10-5-17-36(45)39-21-13-22-40-37-18-6-11-26-46(37)54-50(39)40/h3-31H,1-2H3. The maximum atomic E-state index is 6.65. The van der Waals surface area contributed by atoms with Gasteiger partial charge < -0.3 is 13.7 Å². The molecule has 0 atom stereocenters. The van der Waals surface area contributed by atoms with Gasteiger partial charge in [0.2, 0.25) is 0 Å². The largest absolute Gasteiger partial charge is 0.456 e. The van der Waals surface area contributed by atoms with E-state index in [2.05, 4.69) is 183 Å². The molecule has 8 aromatic carbocycles. The number of furan rings is 2. The average molecular weight is 694 g/mol. The zero-order chi connectivity index (χ0) is 36.0. The molecule has 3 heteroatoms. The quantitative estimate of drug-likeness (QED) is 0.180. The van der Waals surface area contributed by atoms with Crippen molar-refractivity contribution in [2.75, 3.05) is 4.90 Å². The number of hydrogen-bond donors (Lipinski definition) is 0. The molecule has 10 aromatic rings. The second-order valence-corrected chi connectivity index (χ2v) is 14.8. The van der Waals surface area contributed by atoms with E-state index in [1.165, 1.54) is 22.3 Å². The number of nitrogens with zero attached hydrogens (tertiary/aromatic N) is 1. The van der Waals surface area contributed by atoms with Crippen molar-refractivity contribution in [2.45, 2.75) is 19.3 Å². The number of para-hydroxylation sites is 5. The molecule has 0 fully saturated rings. The molecule has 11 rings (SSSR count). The minimum absolute atomic E-state index is 0.159. The first-order valence-electron chi connectivity index (χ1n) is 18.6. The Morgan fingerprint density at radius 3 is 1.72 bits per heavy atom. The molecular formula is C51H35NO2. The van der Waals surface area contributed by atoms with Crippen LogP contribution in [0.2, 0.25) is 0 Å². The van der Waals surface area contributed by atoms with E-state index in [1.54, 1.807) is 0 Å². The van der Waals surface area contributed by atoms with Crippen molar-refractivity contribution in [2.24, 2.45) is 0 Å². The SMILES string of the molecule is CC1(C)c2ccccc2-c2ccc(N(c3ccccc3-c3cccc4c3oc3ccccc34)c3ccccc3-c3cccc4oc5ccccc5c34)cc21. The van der Waals surface area contributed by atoms with Gasteiger partial charge >= 0.3 is 0 Å². The summed E-state index contributed by atoms with van der Waals surface area (Å²) in [6.45, 7) is 4.70. The zero-order valence-corrected chi connectivity index (χ0v) is 30.0. The van der Waals surface area contributed by atoms with Crippen LogP contribution in [-0.4, -0.2) is 0 Å². The summed E-state index contributed by atoms with van der Waals surface area (Å²) in [5, 5.41) is 4.46. The van der Waals surface area contributed by atoms with Gasteiger partial charge in [0.25, 0.3) is 0 Å². The number of rotatable bonds is 5. The summed E-state index contributed by atoms with van der Waals surface area (Å²) in [7, 11) is 0. The summed E-state index contributed by atoms with van der Waals surface area (Å²) in [6, 6.07) is 63.0. The Balaban J connectivity index is 1.20. The second kappa shape index (κ2) is 11.6. The highest BCUT2D eigenvalue weighted by Gasteiger charge is 2.36. The molecule has 0 amide bonds. The van der Waals surface area contributed by atoms with E-state index in [-0.39, 0.29) is 5.41 Å². The Morgan fingerprint density at radius 2 is 0.926 bits per heavy atom. The number of benzene rings is 8. The molecule has 0 spiro atoms. The van der Waals surface area contributed by atoms with Gasteiger partial charge in [-0.1, -0.05) is 147 Å². The monoisotopic (exact) mass is 693 g/mol. The predicted octanol–water partition coefficient (Wildman–Crippen LogP) is 14.6. The number of anilines is 3. The number of fused-ring (bicyclic) bond motifs is 9. The van der Waals surface area contributed by atoms with Gasteiger partial charge in [-0.25, -0.2) is 0 Å². The lowest BCUT2D eigenvalue weighted by Crippen LogP contribution is -2.17. The molecule has 0 unspecified atom stereocenters. The summed E-state index contributed by atoms with van der Waals surface area (Å²) in [4.78, 5) is 2.45. The highest BCUT2D eigenvalue weighted by Crippen LogP contribution is 2.53. The van der Waals surface area contributed by atoms with Crippen molar-refractivity contribution in [3.63, 3.8) is 0 Å². The van der Waals surface area contributed by atoms with Crippen molar-refractivity contribution in [3.05, 3.63) is 187 Å². The zero-order valence-electron chi connectivity index (χ0n) is 30.0. The highest BCUT2D eigenvalue weighted by molar-refractivity contribution is 6.15.